The van der Waals surface area contributed by atoms with Gasteiger partial charge in [-0.3, -0.25) is 0 Å². The van der Waals surface area contributed by atoms with Crippen LogP contribution in [0.2, 0.25) is 5.54 Å². The first-order valence-electron chi connectivity index (χ1n) is 4.63. The Morgan fingerprint density at radius 1 is 1.62 bits per heavy atom. The number of carboxylic acid groups (broad SMARTS) is 1. The van der Waals surface area contributed by atoms with Gasteiger partial charge in [-0.15, -0.1) is 0 Å². The highest BCUT2D eigenvalue weighted by Crippen LogP contribution is 2.21. The molecule has 0 fully saturated rings. The van der Waals surface area contributed by atoms with Crippen molar-refractivity contribution >= 4 is 15.7 Å². The molecule has 0 aromatic rings. The summed E-state index contributed by atoms with van der Waals surface area (Å²) in [6.07, 6.45) is 1.87. The van der Waals surface area contributed by atoms with E-state index in [-0.39, 0.29) is 5.54 Å². The monoisotopic (exact) mass is 202 g/mol. The van der Waals surface area contributed by atoms with Gasteiger partial charge in [0.1, 0.15) is 0 Å². The minimum atomic E-state index is -0.884. The molecule has 0 radical (unpaired) electrons. The maximum atomic E-state index is 10.6. The first kappa shape index (κ1) is 12.4. The summed E-state index contributed by atoms with van der Waals surface area (Å²) in [5.74, 6) is -0.884. The molecule has 3 nitrogen and oxygen atoms in total. The van der Waals surface area contributed by atoms with Crippen LogP contribution in [0.3, 0.4) is 0 Å². The van der Waals surface area contributed by atoms with Crippen LogP contribution >= 0.6 is 0 Å². The number of aliphatic carboxylic acids is 1. The van der Waals surface area contributed by atoms with Crippen molar-refractivity contribution in [2.75, 3.05) is 6.61 Å². The van der Waals surface area contributed by atoms with E-state index in [0.29, 0.717) is 12.2 Å². The highest BCUT2D eigenvalue weighted by atomic mass is 28.2. The molecule has 1 N–H and O–H groups in total. The topological polar surface area (TPSA) is 46.5 Å². The van der Waals surface area contributed by atoms with E-state index in [1.54, 1.807) is 0 Å². The van der Waals surface area contributed by atoms with E-state index in [0.717, 1.165) is 12.8 Å². The van der Waals surface area contributed by atoms with E-state index in [2.05, 4.69) is 6.58 Å². The lowest BCUT2D eigenvalue weighted by Crippen LogP contribution is -2.15. The van der Waals surface area contributed by atoms with E-state index < -0.39 is 15.7 Å². The molecule has 4 heteroatoms. The summed E-state index contributed by atoms with van der Waals surface area (Å²) in [5, 5.41) is 8.75. The first-order chi connectivity index (χ1) is 6.13. The summed E-state index contributed by atoms with van der Waals surface area (Å²) in [7, 11) is -0.756. The number of hydrogen-bond donors (Lipinski definition) is 1. The van der Waals surface area contributed by atoms with Crippen LogP contribution in [0.25, 0.3) is 0 Å². The molecule has 0 aliphatic heterocycles. The lowest BCUT2D eigenvalue weighted by atomic mass is 10.1. The standard InChI is InChI=1S/C9H18O3Si/c1-4-6-8(13-12-5-2)7(3)9(10)11/h8H,3-6,13H2,1-2H3,(H,10,11). The van der Waals surface area contributed by atoms with Crippen molar-refractivity contribution in [1.29, 1.82) is 0 Å². The van der Waals surface area contributed by atoms with Crippen molar-refractivity contribution in [3.63, 3.8) is 0 Å². The maximum absolute atomic E-state index is 10.6. The number of carbonyl (C=O) groups is 1. The Hall–Kier alpha value is -0.613. The lowest BCUT2D eigenvalue weighted by Gasteiger charge is -2.14. The molecule has 76 valence electrons. The Kier molecular flexibility index (Phi) is 6.53. The molecule has 0 saturated heterocycles. The molecule has 13 heavy (non-hydrogen) atoms. The highest BCUT2D eigenvalue weighted by molar-refractivity contribution is 6.32. The fourth-order valence-corrected chi connectivity index (χ4v) is 2.61. The van der Waals surface area contributed by atoms with Gasteiger partial charge < -0.3 is 9.53 Å². The van der Waals surface area contributed by atoms with Crippen LogP contribution in [0.1, 0.15) is 26.7 Å². The molecule has 0 aromatic carbocycles. The molecular weight excluding hydrogens is 184 g/mol. The lowest BCUT2D eigenvalue weighted by molar-refractivity contribution is -0.132. The summed E-state index contributed by atoms with van der Waals surface area (Å²) in [6, 6.07) is 0. The van der Waals surface area contributed by atoms with E-state index in [1.807, 2.05) is 13.8 Å². The predicted octanol–water partition coefficient (Wildman–Crippen LogP) is 1.34. The summed E-state index contributed by atoms with van der Waals surface area (Å²) >= 11 is 0. The van der Waals surface area contributed by atoms with Crippen molar-refractivity contribution in [3.05, 3.63) is 12.2 Å². The van der Waals surface area contributed by atoms with Gasteiger partial charge in [0.05, 0.1) is 0 Å². The van der Waals surface area contributed by atoms with E-state index in [4.69, 9.17) is 9.53 Å². The smallest absolute Gasteiger partial charge is 0.331 e. The van der Waals surface area contributed by atoms with Crippen LogP contribution in [-0.2, 0) is 9.22 Å². The van der Waals surface area contributed by atoms with Gasteiger partial charge in [0, 0.05) is 17.7 Å². The zero-order valence-corrected chi connectivity index (χ0v) is 9.79. The van der Waals surface area contributed by atoms with Crippen LogP contribution in [0.4, 0.5) is 0 Å². The Bertz CT molecular complexity index is 180. The molecule has 0 amide bonds. The number of carboxylic acids is 1. The van der Waals surface area contributed by atoms with Crippen molar-refractivity contribution in [2.24, 2.45) is 0 Å². The van der Waals surface area contributed by atoms with E-state index in [9.17, 15) is 4.79 Å². The van der Waals surface area contributed by atoms with Crippen molar-refractivity contribution in [1.82, 2.24) is 0 Å². The quantitative estimate of drug-likeness (QED) is 0.500. The molecule has 0 rings (SSSR count). The summed E-state index contributed by atoms with van der Waals surface area (Å²) in [5.41, 5.74) is 0.421. The zero-order valence-electron chi connectivity index (χ0n) is 8.38. The normalized spacial score (nSPS) is 13.4. The first-order valence-corrected chi connectivity index (χ1v) is 6.02. The molecule has 1 unspecified atom stereocenters. The molecule has 0 bridgehead atoms. The third-order valence-electron chi connectivity index (χ3n) is 1.93. The van der Waals surface area contributed by atoms with Gasteiger partial charge in [-0.25, -0.2) is 4.79 Å². The van der Waals surface area contributed by atoms with Gasteiger partial charge in [-0.2, -0.15) is 0 Å². The maximum Gasteiger partial charge on any atom is 0.331 e. The Morgan fingerprint density at radius 3 is 2.62 bits per heavy atom. The van der Waals surface area contributed by atoms with Crippen LogP contribution in [0, 0.1) is 0 Å². The van der Waals surface area contributed by atoms with Gasteiger partial charge in [-0.1, -0.05) is 19.9 Å². The van der Waals surface area contributed by atoms with Crippen LogP contribution in [0.5, 0.6) is 0 Å². The summed E-state index contributed by atoms with van der Waals surface area (Å²) in [6.45, 7) is 8.24. The Morgan fingerprint density at radius 2 is 2.23 bits per heavy atom. The third kappa shape index (κ3) is 4.85. The van der Waals surface area contributed by atoms with Crippen LogP contribution in [-0.4, -0.2) is 27.4 Å². The molecule has 0 saturated carbocycles. The highest BCUT2D eigenvalue weighted by Gasteiger charge is 2.18. The second-order valence-electron chi connectivity index (χ2n) is 2.98. The fraction of sp³-hybridized carbons (Fsp3) is 0.667. The molecule has 0 aliphatic carbocycles. The minimum absolute atomic E-state index is 0.0995. The van der Waals surface area contributed by atoms with Crippen molar-refractivity contribution in [2.45, 2.75) is 32.2 Å². The molecule has 0 aliphatic rings. The van der Waals surface area contributed by atoms with Gasteiger partial charge in [0.25, 0.3) is 0 Å². The second-order valence-corrected chi connectivity index (χ2v) is 4.70. The third-order valence-corrected chi connectivity index (χ3v) is 3.88. The van der Waals surface area contributed by atoms with Gasteiger partial charge in [-0.05, 0) is 13.3 Å². The fourth-order valence-electron chi connectivity index (χ4n) is 1.14. The Balaban J connectivity index is 4.06. The SMILES string of the molecule is C=C(C(=O)O)C(CCC)[SiH2]OCC. The minimum Gasteiger partial charge on any atom is -0.478 e. The average Bonchev–Trinajstić information content (AvgIpc) is 2.11. The second kappa shape index (κ2) is 6.86. The molecular formula is C9H18O3Si. The molecule has 0 heterocycles. The largest absolute Gasteiger partial charge is 0.478 e. The van der Waals surface area contributed by atoms with E-state index in [1.165, 1.54) is 0 Å². The van der Waals surface area contributed by atoms with Gasteiger partial charge in [0.2, 0.25) is 0 Å². The van der Waals surface area contributed by atoms with Crippen LogP contribution < -0.4 is 0 Å². The molecule has 0 aromatic heterocycles. The van der Waals surface area contributed by atoms with Crippen molar-refractivity contribution < 1.29 is 14.3 Å². The summed E-state index contributed by atoms with van der Waals surface area (Å²) in [4.78, 5) is 10.6. The summed E-state index contributed by atoms with van der Waals surface area (Å²) < 4.78 is 5.33. The van der Waals surface area contributed by atoms with Crippen molar-refractivity contribution in [3.8, 4) is 0 Å². The zero-order chi connectivity index (χ0) is 10.3. The Labute approximate surface area is 81.7 Å². The molecule has 0 spiro atoms. The van der Waals surface area contributed by atoms with E-state index >= 15 is 0 Å². The van der Waals surface area contributed by atoms with Gasteiger partial charge in [0.15, 0.2) is 9.76 Å². The predicted molar refractivity (Wildman–Crippen MR) is 55.6 cm³/mol. The van der Waals surface area contributed by atoms with Gasteiger partial charge >= 0.3 is 5.97 Å². The average molecular weight is 202 g/mol. The number of hydrogen-bond acceptors (Lipinski definition) is 2. The molecule has 1 atom stereocenters. The number of rotatable bonds is 7. The van der Waals surface area contributed by atoms with Crippen LogP contribution in [0.15, 0.2) is 12.2 Å².